The monoisotopic (exact) mass is 400 g/mol. The number of hydrogen-bond donors (Lipinski definition) is 3. The van der Waals surface area contributed by atoms with Crippen LogP contribution in [0.3, 0.4) is 0 Å². The van der Waals surface area contributed by atoms with Gasteiger partial charge in [-0.05, 0) is 37.7 Å². The van der Waals surface area contributed by atoms with Crippen LogP contribution in [0.2, 0.25) is 0 Å². The second-order valence-electron chi connectivity index (χ2n) is 7.20. The van der Waals surface area contributed by atoms with E-state index >= 15 is 0 Å². The molecule has 0 aliphatic carbocycles. The molecule has 0 unspecified atom stereocenters. The molecule has 160 valence electrons. The summed E-state index contributed by atoms with van der Waals surface area (Å²) in [6.45, 7) is 2.62. The zero-order valence-corrected chi connectivity index (χ0v) is 17.6. The fraction of sp³-hybridized carbons (Fsp3) is 0.522. The Kier molecular flexibility index (Phi) is 12.9. The molecule has 1 aromatic carbocycles. The summed E-state index contributed by atoms with van der Waals surface area (Å²) < 4.78 is 0. The van der Waals surface area contributed by atoms with E-state index < -0.39 is 12.0 Å². The van der Waals surface area contributed by atoms with E-state index in [2.05, 4.69) is 35.1 Å². The summed E-state index contributed by atoms with van der Waals surface area (Å²) in [6.07, 6.45) is 12.5. The number of aliphatic carboxylic acids is 1. The van der Waals surface area contributed by atoms with Gasteiger partial charge in [-0.25, -0.2) is 4.79 Å². The minimum atomic E-state index is -0.913. The number of nitrogens with two attached hydrogens (primary N) is 2. The molecule has 6 nitrogen and oxygen atoms in total. The van der Waals surface area contributed by atoms with E-state index in [1.54, 1.807) is 6.21 Å². The average Bonchev–Trinajstić information content (AvgIpc) is 2.70. The van der Waals surface area contributed by atoms with Crippen LogP contribution in [0.25, 0.3) is 0 Å². The van der Waals surface area contributed by atoms with Crippen LogP contribution < -0.4 is 11.5 Å². The molecule has 0 fully saturated rings. The van der Waals surface area contributed by atoms with E-state index in [1.165, 1.54) is 30.4 Å². The molecular weight excluding hydrogens is 364 g/mol. The van der Waals surface area contributed by atoms with Crippen molar-refractivity contribution in [3.63, 3.8) is 0 Å². The summed E-state index contributed by atoms with van der Waals surface area (Å²) in [4.78, 5) is 19.6. The number of carboxylic acid groups (broad SMARTS) is 1. The highest BCUT2D eigenvalue weighted by molar-refractivity contribution is 5.76. The van der Waals surface area contributed by atoms with Crippen molar-refractivity contribution in [2.75, 3.05) is 6.54 Å². The lowest BCUT2D eigenvalue weighted by atomic mass is 10.0. The van der Waals surface area contributed by atoms with Crippen LogP contribution in [-0.4, -0.2) is 35.8 Å². The Morgan fingerprint density at radius 2 is 1.90 bits per heavy atom. The van der Waals surface area contributed by atoms with E-state index in [0.29, 0.717) is 25.8 Å². The van der Waals surface area contributed by atoms with Crippen LogP contribution in [0.1, 0.15) is 63.9 Å². The first-order valence-electron chi connectivity index (χ1n) is 10.5. The van der Waals surface area contributed by atoms with Crippen LogP contribution in [0, 0.1) is 0 Å². The molecular formula is C23H36N4O2. The van der Waals surface area contributed by atoms with Crippen LogP contribution in [0.4, 0.5) is 0 Å². The molecule has 0 spiro atoms. The molecule has 5 N–H and O–H groups in total. The first kappa shape index (κ1) is 24.4. The fourth-order valence-corrected chi connectivity index (χ4v) is 2.99. The molecule has 0 radical (unpaired) electrons. The molecule has 0 saturated carbocycles. The quantitative estimate of drug-likeness (QED) is 0.178. The third-order valence-corrected chi connectivity index (χ3v) is 4.67. The molecule has 0 aliphatic rings. The third kappa shape index (κ3) is 12.4. The number of hydrogen-bond acceptors (Lipinski definition) is 3. The van der Waals surface area contributed by atoms with Crippen molar-refractivity contribution in [3.05, 3.63) is 47.5 Å². The number of rotatable bonds is 15. The normalized spacial score (nSPS) is 12.8. The van der Waals surface area contributed by atoms with Gasteiger partial charge in [0.05, 0.1) is 0 Å². The molecule has 1 atom stereocenters. The number of aliphatic imine (C=N–C) groups is 2. The van der Waals surface area contributed by atoms with Gasteiger partial charge in [0.2, 0.25) is 0 Å². The van der Waals surface area contributed by atoms with Crippen molar-refractivity contribution in [1.29, 1.82) is 0 Å². The lowest BCUT2D eigenvalue weighted by Gasteiger charge is -2.08. The fourth-order valence-electron chi connectivity index (χ4n) is 2.99. The largest absolute Gasteiger partial charge is 0.480 e. The number of carboxylic acids is 1. The predicted molar refractivity (Wildman–Crippen MR) is 121 cm³/mol. The van der Waals surface area contributed by atoms with Crippen LogP contribution in [-0.2, 0) is 11.2 Å². The molecule has 0 aliphatic heterocycles. The zero-order chi connectivity index (χ0) is 21.3. The zero-order valence-electron chi connectivity index (χ0n) is 17.6. The standard InChI is InChI=1S/C23H36N4O2/c1-2-3-4-6-12-20(15-14-19-10-7-5-8-11-19)16-18-26-21(22(28)29)13-9-17-27-23(24)25/h5,7-8,10-11,15,18,21H,2-4,6,9,12-14,16-17H2,1H3,(H,28,29)(H4,24,25,27)/b20-15+,26-18?/t21-/m0/s1. The van der Waals surface area contributed by atoms with Gasteiger partial charge in [-0.15, -0.1) is 0 Å². The Morgan fingerprint density at radius 1 is 1.14 bits per heavy atom. The number of allylic oxidation sites excluding steroid dienone is 2. The minimum absolute atomic E-state index is 0.0247. The highest BCUT2D eigenvalue weighted by Crippen LogP contribution is 2.15. The Hall–Kier alpha value is -2.63. The van der Waals surface area contributed by atoms with Crippen molar-refractivity contribution in [2.45, 2.75) is 70.8 Å². The molecule has 0 heterocycles. The van der Waals surface area contributed by atoms with Gasteiger partial charge in [0.1, 0.15) is 6.04 Å². The summed E-state index contributed by atoms with van der Waals surface area (Å²) >= 11 is 0. The molecule has 1 aromatic rings. The van der Waals surface area contributed by atoms with Gasteiger partial charge in [0.25, 0.3) is 0 Å². The second-order valence-corrected chi connectivity index (χ2v) is 7.20. The van der Waals surface area contributed by atoms with Gasteiger partial charge in [-0.2, -0.15) is 0 Å². The van der Waals surface area contributed by atoms with Gasteiger partial charge in [-0.1, -0.05) is 68.2 Å². The van der Waals surface area contributed by atoms with Crippen molar-refractivity contribution in [1.82, 2.24) is 0 Å². The summed E-state index contributed by atoms with van der Waals surface area (Å²) in [5.74, 6) is -0.889. The molecule has 0 bridgehead atoms. The van der Waals surface area contributed by atoms with E-state index in [1.807, 2.05) is 18.2 Å². The molecule has 6 heteroatoms. The van der Waals surface area contributed by atoms with E-state index in [0.717, 1.165) is 19.3 Å². The third-order valence-electron chi connectivity index (χ3n) is 4.67. The van der Waals surface area contributed by atoms with Gasteiger partial charge >= 0.3 is 5.97 Å². The molecule has 0 saturated heterocycles. The Labute approximate surface area is 174 Å². The number of nitrogens with zero attached hydrogens (tertiary/aromatic N) is 2. The van der Waals surface area contributed by atoms with Gasteiger partial charge in [0.15, 0.2) is 5.96 Å². The lowest BCUT2D eigenvalue weighted by molar-refractivity contribution is -0.138. The molecule has 0 aromatic heterocycles. The second kappa shape index (κ2) is 15.3. The average molecular weight is 401 g/mol. The number of benzene rings is 1. The highest BCUT2D eigenvalue weighted by Gasteiger charge is 2.14. The van der Waals surface area contributed by atoms with Crippen LogP contribution in [0.5, 0.6) is 0 Å². The number of carbonyl (C=O) groups is 1. The van der Waals surface area contributed by atoms with Crippen molar-refractivity contribution < 1.29 is 9.90 Å². The first-order chi connectivity index (χ1) is 14.0. The van der Waals surface area contributed by atoms with Crippen LogP contribution >= 0.6 is 0 Å². The van der Waals surface area contributed by atoms with Crippen molar-refractivity contribution >= 4 is 18.1 Å². The Balaban J connectivity index is 2.63. The maximum atomic E-state index is 11.4. The van der Waals surface area contributed by atoms with E-state index in [-0.39, 0.29) is 5.96 Å². The predicted octanol–water partition coefficient (Wildman–Crippen LogP) is 4.09. The maximum absolute atomic E-state index is 11.4. The highest BCUT2D eigenvalue weighted by atomic mass is 16.4. The SMILES string of the molecule is CCCCCC/C(=C\Cc1ccccc1)CC=N[C@@H](CCCN=C(N)N)C(=O)O. The summed E-state index contributed by atoms with van der Waals surface area (Å²) in [6, 6.07) is 9.60. The smallest absolute Gasteiger partial charge is 0.328 e. The summed E-state index contributed by atoms with van der Waals surface area (Å²) in [5.41, 5.74) is 13.2. The number of guanidine groups is 1. The lowest BCUT2D eigenvalue weighted by Crippen LogP contribution is -2.23. The first-order valence-corrected chi connectivity index (χ1v) is 10.5. The van der Waals surface area contributed by atoms with E-state index in [9.17, 15) is 9.90 Å². The minimum Gasteiger partial charge on any atom is -0.480 e. The summed E-state index contributed by atoms with van der Waals surface area (Å²) in [5, 5.41) is 9.39. The number of unbranched alkanes of at least 4 members (excludes halogenated alkanes) is 3. The van der Waals surface area contributed by atoms with Crippen molar-refractivity contribution in [3.8, 4) is 0 Å². The van der Waals surface area contributed by atoms with Gasteiger partial charge < -0.3 is 16.6 Å². The van der Waals surface area contributed by atoms with Crippen molar-refractivity contribution in [2.24, 2.45) is 21.5 Å². The maximum Gasteiger partial charge on any atom is 0.328 e. The van der Waals surface area contributed by atoms with Crippen LogP contribution in [0.15, 0.2) is 52.0 Å². The topological polar surface area (TPSA) is 114 Å². The molecule has 29 heavy (non-hydrogen) atoms. The summed E-state index contributed by atoms with van der Waals surface area (Å²) in [7, 11) is 0. The van der Waals surface area contributed by atoms with Gasteiger partial charge in [-0.3, -0.25) is 9.98 Å². The van der Waals surface area contributed by atoms with E-state index in [4.69, 9.17) is 11.5 Å². The Bertz CT molecular complexity index is 665. The molecule has 0 amide bonds. The van der Waals surface area contributed by atoms with Gasteiger partial charge in [0, 0.05) is 19.2 Å². The molecule has 1 rings (SSSR count). The Morgan fingerprint density at radius 3 is 2.55 bits per heavy atom.